The second-order valence-corrected chi connectivity index (χ2v) is 6.06. The molecule has 0 saturated heterocycles. The van der Waals surface area contributed by atoms with Crippen LogP contribution >= 0.6 is 12.4 Å². The number of halogens is 1. The Kier molecular flexibility index (Phi) is 8.41. The van der Waals surface area contributed by atoms with Gasteiger partial charge >= 0.3 is 6.03 Å². The second kappa shape index (κ2) is 8.96. The Morgan fingerprint density at radius 1 is 1.14 bits per heavy atom. The summed E-state index contributed by atoms with van der Waals surface area (Å²) in [4.78, 5) is 20.1. The van der Waals surface area contributed by atoms with Crippen LogP contribution in [-0.2, 0) is 0 Å². The monoisotopic (exact) mass is 328 g/mol. The van der Waals surface area contributed by atoms with E-state index in [9.17, 15) is 4.79 Å². The summed E-state index contributed by atoms with van der Waals surface area (Å²) in [6.45, 7) is 13.9. The van der Waals surface area contributed by atoms with E-state index in [4.69, 9.17) is 5.73 Å². The Morgan fingerprint density at radius 3 is 2.09 bits per heavy atom. The number of urea groups is 1. The average Bonchev–Trinajstić information content (AvgIpc) is 2.31. The van der Waals surface area contributed by atoms with Gasteiger partial charge in [-0.3, -0.25) is 9.80 Å². The predicted octanol–water partition coefficient (Wildman–Crippen LogP) is 3.12. The van der Waals surface area contributed by atoms with E-state index >= 15 is 0 Å². The van der Waals surface area contributed by atoms with Gasteiger partial charge in [-0.25, -0.2) is 9.78 Å². The summed E-state index contributed by atoms with van der Waals surface area (Å²) in [7, 11) is 0. The van der Waals surface area contributed by atoms with Crippen LogP contribution < -0.4 is 10.6 Å². The van der Waals surface area contributed by atoms with Crippen molar-refractivity contribution in [3.63, 3.8) is 0 Å². The zero-order chi connectivity index (χ0) is 16.2. The molecule has 0 aliphatic carbocycles. The van der Waals surface area contributed by atoms with Gasteiger partial charge in [0.05, 0.1) is 0 Å². The van der Waals surface area contributed by atoms with Crippen molar-refractivity contribution < 1.29 is 4.79 Å². The molecule has 0 bridgehead atoms. The molecule has 1 rings (SSSR count). The molecule has 5 nitrogen and oxygen atoms in total. The molecule has 0 aliphatic heterocycles. The number of aryl methyl sites for hydroxylation is 2. The number of carbonyl (C=O) groups excluding carboxylic acids is 1. The van der Waals surface area contributed by atoms with Gasteiger partial charge in [0.1, 0.15) is 5.82 Å². The Morgan fingerprint density at radius 2 is 1.68 bits per heavy atom. The first-order valence-corrected chi connectivity index (χ1v) is 7.50. The lowest BCUT2D eigenvalue weighted by Crippen LogP contribution is -2.46. The Labute approximate surface area is 140 Å². The SMILES string of the molecule is Cc1cc(C)nc(N(CCN(C(C)C)C(C)C)C(N)=O)c1.Cl. The summed E-state index contributed by atoms with van der Waals surface area (Å²) < 4.78 is 0. The molecule has 1 aromatic heterocycles. The number of rotatable bonds is 6. The van der Waals surface area contributed by atoms with E-state index in [1.165, 1.54) is 0 Å². The maximum absolute atomic E-state index is 11.8. The molecule has 2 amide bonds. The van der Waals surface area contributed by atoms with Crippen molar-refractivity contribution in [2.75, 3.05) is 18.0 Å². The summed E-state index contributed by atoms with van der Waals surface area (Å²) in [6, 6.07) is 4.27. The summed E-state index contributed by atoms with van der Waals surface area (Å²) in [5, 5.41) is 0. The minimum atomic E-state index is -0.458. The smallest absolute Gasteiger partial charge is 0.320 e. The van der Waals surface area contributed by atoms with Gasteiger partial charge in [0, 0.05) is 30.9 Å². The third-order valence-electron chi connectivity index (χ3n) is 3.54. The van der Waals surface area contributed by atoms with E-state index < -0.39 is 6.03 Å². The highest BCUT2D eigenvalue weighted by Gasteiger charge is 2.19. The zero-order valence-electron chi connectivity index (χ0n) is 14.5. The lowest BCUT2D eigenvalue weighted by Gasteiger charge is -2.32. The van der Waals surface area contributed by atoms with Crippen LogP contribution in [0.5, 0.6) is 0 Å². The molecule has 126 valence electrons. The third kappa shape index (κ3) is 5.81. The van der Waals surface area contributed by atoms with Crippen LogP contribution in [0.3, 0.4) is 0 Å². The molecular formula is C16H29ClN4O. The summed E-state index contributed by atoms with van der Waals surface area (Å²) >= 11 is 0. The molecule has 0 saturated carbocycles. The van der Waals surface area contributed by atoms with Gasteiger partial charge in [0.2, 0.25) is 0 Å². The van der Waals surface area contributed by atoms with Gasteiger partial charge in [-0.05, 0) is 59.2 Å². The number of hydrogen-bond donors (Lipinski definition) is 1. The standard InChI is InChI=1S/C16H28N4O.ClH/c1-11(2)19(12(3)4)7-8-20(16(17)21)15-10-13(5)9-14(6)18-15;/h9-12H,7-8H2,1-6H3,(H2,17,21);1H. The van der Waals surface area contributed by atoms with Crippen LogP contribution in [0.1, 0.15) is 39.0 Å². The molecular weight excluding hydrogens is 300 g/mol. The normalized spacial score (nSPS) is 11.0. The van der Waals surface area contributed by atoms with E-state index in [-0.39, 0.29) is 12.4 Å². The highest BCUT2D eigenvalue weighted by Crippen LogP contribution is 2.15. The maximum Gasteiger partial charge on any atom is 0.320 e. The Hall–Kier alpha value is -1.33. The molecule has 0 atom stereocenters. The molecule has 22 heavy (non-hydrogen) atoms. The van der Waals surface area contributed by atoms with E-state index in [0.717, 1.165) is 17.8 Å². The van der Waals surface area contributed by atoms with Crippen LogP contribution in [0, 0.1) is 13.8 Å². The van der Waals surface area contributed by atoms with Gasteiger partial charge in [-0.1, -0.05) is 0 Å². The van der Waals surface area contributed by atoms with Crippen molar-refractivity contribution in [3.05, 3.63) is 23.4 Å². The zero-order valence-corrected chi connectivity index (χ0v) is 15.3. The third-order valence-corrected chi connectivity index (χ3v) is 3.54. The van der Waals surface area contributed by atoms with Crippen molar-refractivity contribution in [1.82, 2.24) is 9.88 Å². The molecule has 0 aliphatic rings. The number of aromatic nitrogens is 1. The number of nitrogens with two attached hydrogens (primary N) is 1. The van der Waals surface area contributed by atoms with E-state index in [2.05, 4.69) is 37.6 Å². The highest BCUT2D eigenvalue weighted by atomic mass is 35.5. The molecule has 0 spiro atoms. The van der Waals surface area contributed by atoms with Crippen LogP contribution in [0.25, 0.3) is 0 Å². The molecule has 1 heterocycles. The number of nitrogens with zero attached hydrogens (tertiary/aromatic N) is 3. The number of anilines is 1. The predicted molar refractivity (Wildman–Crippen MR) is 94.9 cm³/mol. The lowest BCUT2D eigenvalue weighted by molar-refractivity contribution is 0.179. The first-order chi connectivity index (χ1) is 9.72. The Balaban J connectivity index is 0.00000441. The molecule has 0 unspecified atom stereocenters. The molecule has 1 aromatic rings. The average molecular weight is 329 g/mol. The number of primary amides is 1. The van der Waals surface area contributed by atoms with Gasteiger partial charge in [-0.15, -0.1) is 12.4 Å². The van der Waals surface area contributed by atoms with E-state index in [1.54, 1.807) is 4.90 Å². The van der Waals surface area contributed by atoms with Crippen LogP contribution in [-0.4, -0.2) is 41.1 Å². The minimum absolute atomic E-state index is 0. The molecule has 0 fully saturated rings. The van der Waals surface area contributed by atoms with Crippen molar-refractivity contribution in [2.45, 2.75) is 53.6 Å². The van der Waals surface area contributed by atoms with Crippen LogP contribution in [0.4, 0.5) is 10.6 Å². The largest absolute Gasteiger partial charge is 0.351 e. The Bertz CT molecular complexity index is 463. The number of amides is 2. The van der Waals surface area contributed by atoms with Crippen molar-refractivity contribution >= 4 is 24.3 Å². The van der Waals surface area contributed by atoms with Gasteiger partial charge in [0.15, 0.2) is 0 Å². The number of hydrogen-bond acceptors (Lipinski definition) is 3. The fourth-order valence-electron chi connectivity index (χ4n) is 2.62. The first kappa shape index (κ1) is 20.7. The lowest BCUT2D eigenvalue weighted by atomic mass is 10.2. The molecule has 6 heteroatoms. The van der Waals surface area contributed by atoms with Crippen LogP contribution in [0.2, 0.25) is 0 Å². The fraction of sp³-hybridized carbons (Fsp3) is 0.625. The van der Waals surface area contributed by atoms with Crippen molar-refractivity contribution in [1.29, 1.82) is 0 Å². The van der Waals surface area contributed by atoms with E-state index in [1.807, 2.05) is 26.0 Å². The minimum Gasteiger partial charge on any atom is -0.351 e. The van der Waals surface area contributed by atoms with Gasteiger partial charge < -0.3 is 5.73 Å². The first-order valence-electron chi connectivity index (χ1n) is 7.50. The summed E-state index contributed by atoms with van der Waals surface area (Å²) in [6.07, 6.45) is 0. The molecule has 0 aromatic carbocycles. The number of carbonyl (C=O) groups is 1. The van der Waals surface area contributed by atoms with Crippen LogP contribution in [0.15, 0.2) is 12.1 Å². The van der Waals surface area contributed by atoms with Gasteiger partial charge in [0.25, 0.3) is 0 Å². The maximum atomic E-state index is 11.8. The quantitative estimate of drug-likeness (QED) is 0.872. The molecule has 0 radical (unpaired) electrons. The topological polar surface area (TPSA) is 62.5 Å². The number of pyridine rings is 1. The van der Waals surface area contributed by atoms with E-state index in [0.29, 0.717) is 24.4 Å². The van der Waals surface area contributed by atoms with Crippen molar-refractivity contribution in [3.8, 4) is 0 Å². The molecule has 2 N–H and O–H groups in total. The fourth-order valence-corrected chi connectivity index (χ4v) is 2.62. The van der Waals surface area contributed by atoms with Crippen molar-refractivity contribution in [2.24, 2.45) is 5.73 Å². The highest BCUT2D eigenvalue weighted by molar-refractivity contribution is 5.89. The van der Waals surface area contributed by atoms with Gasteiger partial charge in [-0.2, -0.15) is 0 Å². The summed E-state index contributed by atoms with van der Waals surface area (Å²) in [5.41, 5.74) is 7.50. The second-order valence-electron chi connectivity index (χ2n) is 6.06. The summed E-state index contributed by atoms with van der Waals surface area (Å²) in [5.74, 6) is 0.632.